The van der Waals surface area contributed by atoms with E-state index in [1.54, 1.807) is 0 Å². The second-order valence-electron chi connectivity index (χ2n) is 18.9. The molecule has 6 nitrogen and oxygen atoms in total. The molecule has 6 heteroatoms. The summed E-state index contributed by atoms with van der Waals surface area (Å²) in [6, 6.07) is -0.545. The molecule has 0 aromatic heterocycles. The van der Waals surface area contributed by atoms with Crippen LogP contribution in [-0.4, -0.2) is 47.4 Å². The van der Waals surface area contributed by atoms with Crippen molar-refractivity contribution < 1.29 is 24.5 Å². The topological polar surface area (TPSA) is 95.9 Å². The highest BCUT2D eigenvalue weighted by Gasteiger charge is 2.20. The van der Waals surface area contributed by atoms with Gasteiger partial charge in [-0.3, -0.25) is 9.59 Å². The minimum atomic E-state index is -0.666. The number of carbonyl (C=O) groups excluding carboxylic acids is 2. The van der Waals surface area contributed by atoms with Crippen LogP contribution in [0.25, 0.3) is 0 Å². The second kappa shape index (κ2) is 52.7. The Bertz CT molecular complexity index is 1020. The molecule has 0 aliphatic heterocycles. The first-order valence-electron chi connectivity index (χ1n) is 27.7. The summed E-state index contributed by atoms with van der Waals surface area (Å²) in [5.41, 5.74) is 0. The van der Waals surface area contributed by atoms with Crippen molar-refractivity contribution in [1.82, 2.24) is 5.32 Å². The Balaban J connectivity index is 3.40. The molecule has 63 heavy (non-hydrogen) atoms. The predicted octanol–water partition coefficient (Wildman–Crippen LogP) is 16.9. The minimum Gasteiger partial charge on any atom is -0.466 e. The molecule has 0 aromatic rings. The van der Waals surface area contributed by atoms with Crippen molar-refractivity contribution in [2.24, 2.45) is 0 Å². The van der Waals surface area contributed by atoms with Gasteiger partial charge in [0.15, 0.2) is 0 Å². The molecule has 2 unspecified atom stereocenters. The highest BCUT2D eigenvalue weighted by Crippen LogP contribution is 2.16. The quantitative estimate of drug-likeness (QED) is 0.0321. The molecule has 0 aromatic carbocycles. The molecule has 370 valence electrons. The minimum absolute atomic E-state index is 0.00460. The van der Waals surface area contributed by atoms with Gasteiger partial charge in [-0.25, -0.2) is 0 Å². The molecule has 0 spiro atoms. The zero-order valence-electron chi connectivity index (χ0n) is 42.1. The summed E-state index contributed by atoms with van der Waals surface area (Å²) in [6.45, 7) is 4.89. The van der Waals surface area contributed by atoms with Gasteiger partial charge in [-0.2, -0.15) is 0 Å². The molecule has 0 bridgehead atoms. The van der Waals surface area contributed by atoms with Gasteiger partial charge in [-0.05, 0) is 83.5 Å². The van der Waals surface area contributed by atoms with Crippen molar-refractivity contribution in [2.45, 2.75) is 302 Å². The Morgan fingerprint density at radius 2 is 0.794 bits per heavy atom. The van der Waals surface area contributed by atoms with E-state index in [2.05, 4.69) is 55.6 Å². The van der Waals surface area contributed by atoms with E-state index >= 15 is 0 Å². The summed E-state index contributed by atoms with van der Waals surface area (Å²) >= 11 is 0. The van der Waals surface area contributed by atoms with E-state index in [9.17, 15) is 19.8 Å². The number of amides is 1. The number of carbonyl (C=O) groups is 2. The number of nitrogens with one attached hydrogen (secondary N) is 1. The average molecular weight is 886 g/mol. The second-order valence-corrected chi connectivity index (χ2v) is 18.9. The molecular weight excluding hydrogens is 779 g/mol. The van der Waals surface area contributed by atoms with Crippen LogP contribution in [0.15, 0.2) is 36.5 Å². The Kier molecular flexibility index (Phi) is 51.1. The summed E-state index contributed by atoms with van der Waals surface area (Å²) in [7, 11) is 0. The van der Waals surface area contributed by atoms with Gasteiger partial charge in [0.25, 0.3) is 0 Å². The van der Waals surface area contributed by atoms with Crippen LogP contribution in [0.2, 0.25) is 0 Å². The average Bonchev–Trinajstić information content (AvgIpc) is 3.28. The highest BCUT2D eigenvalue weighted by atomic mass is 16.5. The normalized spacial score (nSPS) is 12.9. The molecule has 1 amide bonds. The molecular formula is C57H107NO5. The third-order valence-electron chi connectivity index (χ3n) is 12.7. The third kappa shape index (κ3) is 49.4. The van der Waals surface area contributed by atoms with Crippen molar-refractivity contribution in [2.75, 3.05) is 13.2 Å². The van der Waals surface area contributed by atoms with Gasteiger partial charge in [0, 0.05) is 12.8 Å². The van der Waals surface area contributed by atoms with Crippen LogP contribution in [0, 0.1) is 0 Å². The molecule has 0 radical (unpaired) electrons. The van der Waals surface area contributed by atoms with Crippen LogP contribution in [0.5, 0.6) is 0 Å². The lowest BCUT2D eigenvalue weighted by atomic mass is 10.0. The molecule has 0 aliphatic rings. The summed E-state index contributed by atoms with van der Waals surface area (Å²) in [5.74, 6) is -0.0496. The van der Waals surface area contributed by atoms with Crippen LogP contribution >= 0.6 is 0 Å². The van der Waals surface area contributed by atoms with E-state index in [0.29, 0.717) is 25.9 Å². The number of ether oxygens (including phenoxy) is 1. The lowest BCUT2D eigenvalue weighted by Gasteiger charge is -2.22. The lowest BCUT2D eigenvalue weighted by Crippen LogP contribution is -2.45. The van der Waals surface area contributed by atoms with Gasteiger partial charge >= 0.3 is 5.97 Å². The highest BCUT2D eigenvalue weighted by molar-refractivity contribution is 5.76. The van der Waals surface area contributed by atoms with Crippen LogP contribution in [0.4, 0.5) is 0 Å². The summed E-state index contributed by atoms with van der Waals surface area (Å²) in [6.07, 6.45) is 64.2. The zero-order chi connectivity index (χ0) is 45.8. The SMILES string of the molecule is CCCCC/C=C\C/C=C\CCCCCCCC(=O)OCCCCCCCCCCCCC/C=C\CCCCCCCCCC(=O)NC(CO)C(O)CCCCCCCCCCC. The van der Waals surface area contributed by atoms with Gasteiger partial charge in [0.05, 0.1) is 25.4 Å². The predicted molar refractivity (Wildman–Crippen MR) is 273 cm³/mol. The molecule has 3 N–H and O–H groups in total. The van der Waals surface area contributed by atoms with Crippen molar-refractivity contribution >= 4 is 11.9 Å². The van der Waals surface area contributed by atoms with Crippen LogP contribution < -0.4 is 5.32 Å². The number of aliphatic hydroxyl groups is 2. The smallest absolute Gasteiger partial charge is 0.305 e. The number of rotatable bonds is 51. The summed E-state index contributed by atoms with van der Waals surface area (Å²) in [5, 5.41) is 23.1. The lowest BCUT2D eigenvalue weighted by molar-refractivity contribution is -0.143. The number of esters is 1. The van der Waals surface area contributed by atoms with Crippen LogP contribution in [0.3, 0.4) is 0 Å². The van der Waals surface area contributed by atoms with Crippen molar-refractivity contribution in [3.8, 4) is 0 Å². The fourth-order valence-corrected chi connectivity index (χ4v) is 8.37. The van der Waals surface area contributed by atoms with E-state index in [4.69, 9.17) is 4.74 Å². The standard InChI is InChI=1S/C57H107NO5/c1-3-5-7-9-11-13-14-15-24-28-31-35-39-43-47-51-57(62)63-52-48-44-40-36-32-29-26-23-21-19-17-16-18-20-22-25-27-30-34-38-42-46-50-56(61)58-54(53-59)55(60)49-45-41-37-33-12-10-8-6-4-2/h11,13,15,18,20,24,54-55,59-60H,3-10,12,14,16-17,19,21-23,25-53H2,1-2H3,(H,58,61)/b13-11-,20-18-,24-15-. The van der Waals surface area contributed by atoms with Crippen molar-refractivity contribution in [1.29, 1.82) is 0 Å². The van der Waals surface area contributed by atoms with E-state index in [1.807, 2.05) is 0 Å². The van der Waals surface area contributed by atoms with Gasteiger partial charge < -0.3 is 20.3 Å². The number of allylic oxidation sites excluding steroid dienone is 6. The van der Waals surface area contributed by atoms with Gasteiger partial charge in [-0.1, -0.05) is 230 Å². The van der Waals surface area contributed by atoms with Gasteiger partial charge in [-0.15, -0.1) is 0 Å². The maximum Gasteiger partial charge on any atom is 0.305 e. The van der Waals surface area contributed by atoms with Crippen LogP contribution in [0.1, 0.15) is 290 Å². The van der Waals surface area contributed by atoms with Gasteiger partial charge in [0.1, 0.15) is 0 Å². The number of hydrogen-bond donors (Lipinski definition) is 3. The first-order valence-corrected chi connectivity index (χ1v) is 27.7. The largest absolute Gasteiger partial charge is 0.466 e. The van der Waals surface area contributed by atoms with Crippen LogP contribution in [-0.2, 0) is 14.3 Å². The molecule has 0 aliphatic carbocycles. The zero-order valence-corrected chi connectivity index (χ0v) is 42.1. The fraction of sp³-hybridized carbons (Fsp3) is 0.860. The molecule has 0 rings (SSSR count). The maximum absolute atomic E-state index is 12.4. The third-order valence-corrected chi connectivity index (χ3v) is 12.7. The van der Waals surface area contributed by atoms with E-state index in [1.165, 1.54) is 205 Å². The monoisotopic (exact) mass is 886 g/mol. The number of hydrogen-bond acceptors (Lipinski definition) is 5. The number of aliphatic hydroxyl groups excluding tert-OH is 2. The molecule has 0 fully saturated rings. The van der Waals surface area contributed by atoms with E-state index < -0.39 is 12.1 Å². The van der Waals surface area contributed by atoms with E-state index in [0.717, 1.165) is 51.4 Å². The first kappa shape index (κ1) is 61.1. The maximum atomic E-state index is 12.4. The first-order chi connectivity index (χ1) is 31.0. The summed E-state index contributed by atoms with van der Waals surface area (Å²) < 4.78 is 5.47. The van der Waals surface area contributed by atoms with Crippen molar-refractivity contribution in [3.63, 3.8) is 0 Å². The van der Waals surface area contributed by atoms with Gasteiger partial charge in [0.2, 0.25) is 5.91 Å². The Hall–Kier alpha value is -1.92. The Morgan fingerprint density at radius 3 is 1.25 bits per heavy atom. The molecule has 2 atom stereocenters. The summed E-state index contributed by atoms with van der Waals surface area (Å²) in [4.78, 5) is 24.4. The fourth-order valence-electron chi connectivity index (χ4n) is 8.37. The Morgan fingerprint density at radius 1 is 0.444 bits per heavy atom. The van der Waals surface area contributed by atoms with E-state index in [-0.39, 0.29) is 18.5 Å². The number of unbranched alkanes of at least 4 members (excludes halogenated alkanes) is 34. The van der Waals surface area contributed by atoms with Crippen molar-refractivity contribution in [3.05, 3.63) is 36.5 Å². The molecule has 0 saturated carbocycles. The molecule has 0 saturated heterocycles. The Labute approximate surface area is 392 Å². The molecule has 0 heterocycles.